The summed E-state index contributed by atoms with van der Waals surface area (Å²) in [5.74, 6) is -0.114. The summed E-state index contributed by atoms with van der Waals surface area (Å²) in [6.45, 7) is 8.08. The smallest absolute Gasteiger partial charge is 0.369 e. The van der Waals surface area contributed by atoms with Crippen molar-refractivity contribution in [2.75, 3.05) is 18.0 Å². The van der Waals surface area contributed by atoms with Crippen molar-refractivity contribution in [1.29, 1.82) is 0 Å². The average Bonchev–Trinajstić information content (AvgIpc) is 2.88. The Labute approximate surface area is 129 Å². The lowest BCUT2D eigenvalue weighted by Gasteiger charge is -2.21. The van der Waals surface area contributed by atoms with E-state index in [2.05, 4.69) is 5.32 Å². The Kier molecular flexibility index (Phi) is 6.26. The Morgan fingerprint density at radius 1 is 1.32 bits per heavy atom. The van der Waals surface area contributed by atoms with E-state index in [4.69, 9.17) is 0 Å². The molecular weight excluding hydrogens is 293 g/mol. The average molecular weight is 316 g/mol. The third-order valence-corrected chi connectivity index (χ3v) is 3.49. The molecule has 1 N–H and O–H groups in total. The van der Waals surface area contributed by atoms with E-state index < -0.39 is 11.7 Å². The van der Waals surface area contributed by atoms with E-state index in [-0.39, 0.29) is 17.5 Å². The van der Waals surface area contributed by atoms with Crippen LogP contribution < -0.4 is 10.2 Å². The number of rotatable bonds is 2. The number of benzene rings is 1. The number of carbonyl (C=O) groups is 1. The third kappa shape index (κ3) is 4.64. The molecule has 124 valence electrons. The molecule has 1 unspecified atom stereocenters. The molecule has 6 heteroatoms. The third-order valence-electron chi connectivity index (χ3n) is 3.49. The van der Waals surface area contributed by atoms with Gasteiger partial charge in [-0.15, -0.1) is 0 Å². The van der Waals surface area contributed by atoms with E-state index in [0.29, 0.717) is 18.8 Å². The summed E-state index contributed by atoms with van der Waals surface area (Å²) in [5.41, 5.74) is 0.174. The normalized spacial score (nSPS) is 17.8. The van der Waals surface area contributed by atoms with Crippen LogP contribution in [0.25, 0.3) is 0 Å². The minimum atomic E-state index is -4.34. The molecule has 1 aromatic carbocycles. The van der Waals surface area contributed by atoms with Crippen molar-refractivity contribution in [2.45, 2.75) is 46.3 Å². The number of halogens is 3. The molecule has 3 nitrogen and oxygen atoms in total. The first kappa shape index (κ1) is 18.3. The van der Waals surface area contributed by atoms with Crippen molar-refractivity contribution in [3.63, 3.8) is 0 Å². The molecule has 1 amide bonds. The fraction of sp³-hybridized carbons (Fsp3) is 0.562. The zero-order valence-corrected chi connectivity index (χ0v) is 13.4. The SMILES string of the molecule is CC.CC(=O)NC1CCN(c2ccc(C)c(C(F)(F)F)c2)C1. The summed E-state index contributed by atoms with van der Waals surface area (Å²) in [7, 11) is 0. The number of alkyl halides is 3. The molecule has 22 heavy (non-hydrogen) atoms. The molecule has 0 aromatic heterocycles. The van der Waals surface area contributed by atoms with Crippen LogP contribution in [0, 0.1) is 6.92 Å². The number of carbonyl (C=O) groups excluding carboxylic acids is 1. The molecule has 1 saturated heterocycles. The van der Waals surface area contributed by atoms with Crippen LogP contribution >= 0.6 is 0 Å². The van der Waals surface area contributed by atoms with Gasteiger partial charge in [-0.05, 0) is 31.0 Å². The lowest BCUT2D eigenvalue weighted by molar-refractivity contribution is -0.138. The second-order valence-corrected chi connectivity index (χ2v) is 5.13. The lowest BCUT2D eigenvalue weighted by Crippen LogP contribution is -2.35. The molecule has 1 heterocycles. The maximum atomic E-state index is 12.9. The van der Waals surface area contributed by atoms with Crippen LogP contribution in [-0.4, -0.2) is 25.0 Å². The Hall–Kier alpha value is -1.72. The fourth-order valence-corrected chi connectivity index (χ4v) is 2.51. The minimum Gasteiger partial charge on any atom is -0.369 e. The van der Waals surface area contributed by atoms with Crippen LogP contribution in [0.15, 0.2) is 18.2 Å². The standard InChI is InChI=1S/C14H17F3N2O.C2H6/c1-9-3-4-12(7-13(9)14(15,16)17)19-6-5-11(8-19)18-10(2)20;1-2/h3-4,7,11H,5-6,8H2,1-2H3,(H,18,20);1-2H3. The Morgan fingerprint density at radius 2 is 1.95 bits per heavy atom. The van der Waals surface area contributed by atoms with Crippen LogP contribution in [0.5, 0.6) is 0 Å². The fourth-order valence-electron chi connectivity index (χ4n) is 2.51. The monoisotopic (exact) mass is 316 g/mol. The molecule has 0 spiro atoms. The van der Waals surface area contributed by atoms with Gasteiger partial charge in [0, 0.05) is 31.7 Å². The van der Waals surface area contributed by atoms with E-state index in [1.807, 2.05) is 18.7 Å². The van der Waals surface area contributed by atoms with Gasteiger partial charge in [0.15, 0.2) is 0 Å². The molecule has 1 aliphatic rings. The van der Waals surface area contributed by atoms with E-state index in [0.717, 1.165) is 6.42 Å². The van der Waals surface area contributed by atoms with E-state index in [9.17, 15) is 18.0 Å². The zero-order valence-electron chi connectivity index (χ0n) is 13.4. The number of anilines is 1. The van der Waals surface area contributed by atoms with Gasteiger partial charge in [-0.25, -0.2) is 0 Å². The first-order chi connectivity index (χ1) is 10.3. The van der Waals surface area contributed by atoms with Crippen molar-refractivity contribution in [2.24, 2.45) is 0 Å². The molecule has 2 rings (SSSR count). The highest BCUT2D eigenvalue weighted by Crippen LogP contribution is 2.34. The maximum absolute atomic E-state index is 12.9. The summed E-state index contributed by atoms with van der Waals surface area (Å²) < 4.78 is 38.7. The van der Waals surface area contributed by atoms with Crippen molar-refractivity contribution in [3.05, 3.63) is 29.3 Å². The quantitative estimate of drug-likeness (QED) is 0.901. The van der Waals surface area contributed by atoms with Gasteiger partial charge in [0.1, 0.15) is 0 Å². The van der Waals surface area contributed by atoms with Gasteiger partial charge in [0.05, 0.1) is 5.56 Å². The second kappa shape index (κ2) is 7.51. The molecular formula is C16H23F3N2O. The first-order valence-corrected chi connectivity index (χ1v) is 7.47. The largest absolute Gasteiger partial charge is 0.416 e. The van der Waals surface area contributed by atoms with Crippen LogP contribution in [0.2, 0.25) is 0 Å². The Balaban J connectivity index is 0.00000116. The number of hydrogen-bond donors (Lipinski definition) is 1. The van der Waals surface area contributed by atoms with Crippen LogP contribution in [0.3, 0.4) is 0 Å². The van der Waals surface area contributed by atoms with Crippen LogP contribution in [0.4, 0.5) is 18.9 Å². The second-order valence-electron chi connectivity index (χ2n) is 5.13. The van der Waals surface area contributed by atoms with Gasteiger partial charge in [-0.3, -0.25) is 4.79 Å². The van der Waals surface area contributed by atoms with Gasteiger partial charge in [0.2, 0.25) is 5.91 Å². The van der Waals surface area contributed by atoms with Gasteiger partial charge in [-0.2, -0.15) is 13.2 Å². The molecule has 0 radical (unpaired) electrons. The summed E-state index contributed by atoms with van der Waals surface area (Å²) in [6.07, 6.45) is -3.59. The number of nitrogens with one attached hydrogen (secondary N) is 1. The van der Waals surface area contributed by atoms with E-state index in [1.54, 1.807) is 6.07 Å². The van der Waals surface area contributed by atoms with Crippen molar-refractivity contribution >= 4 is 11.6 Å². The summed E-state index contributed by atoms with van der Waals surface area (Å²) in [5, 5.41) is 2.79. The number of aryl methyl sites for hydroxylation is 1. The van der Waals surface area contributed by atoms with Gasteiger partial charge >= 0.3 is 6.18 Å². The summed E-state index contributed by atoms with van der Waals surface area (Å²) in [4.78, 5) is 12.9. The maximum Gasteiger partial charge on any atom is 0.416 e. The van der Waals surface area contributed by atoms with Gasteiger partial charge in [-0.1, -0.05) is 19.9 Å². The summed E-state index contributed by atoms with van der Waals surface area (Å²) in [6, 6.07) is 4.37. The first-order valence-electron chi connectivity index (χ1n) is 7.47. The highest BCUT2D eigenvalue weighted by atomic mass is 19.4. The number of hydrogen-bond acceptors (Lipinski definition) is 2. The molecule has 1 aromatic rings. The predicted octanol–water partition coefficient (Wildman–Crippen LogP) is 3.75. The molecule has 0 aliphatic carbocycles. The van der Waals surface area contributed by atoms with Crippen molar-refractivity contribution in [3.8, 4) is 0 Å². The van der Waals surface area contributed by atoms with Crippen LogP contribution in [0.1, 0.15) is 38.3 Å². The van der Waals surface area contributed by atoms with Crippen molar-refractivity contribution < 1.29 is 18.0 Å². The van der Waals surface area contributed by atoms with Crippen molar-refractivity contribution in [1.82, 2.24) is 5.32 Å². The van der Waals surface area contributed by atoms with Crippen LogP contribution in [-0.2, 0) is 11.0 Å². The molecule has 1 fully saturated rings. The topological polar surface area (TPSA) is 32.3 Å². The highest BCUT2D eigenvalue weighted by Gasteiger charge is 2.33. The highest BCUT2D eigenvalue weighted by molar-refractivity contribution is 5.73. The number of amides is 1. The van der Waals surface area contributed by atoms with E-state index >= 15 is 0 Å². The van der Waals surface area contributed by atoms with Gasteiger partial charge in [0.25, 0.3) is 0 Å². The lowest BCUT2D eigenvalue weighted by atomic mass is 10.1. The molecule has 0 saturated carbocycles. The molecule has 1 aliphatic heterocycles. The zero-order chi connectivity index (χ0) is 16.9. The molecule has 1 atom stereocenters. The summed E-state index contributed by atoms with van der Waals surface area (Å²) >= 11 is 0. The number of nitrogens with zero attached hydrogens (tertiary/aromatic N) is 1. The van der Waals surface area contributed by atoms with Gasteiger partial charge < -0.3 is 10.2 Å². The molecule has 0 bridgehead atoms. The Morgan fingerprint density at radius 3 is 2.50 bits per heavy atom. The predicted molar refractivity (Wildman–Crippen MR) is 82.0 cm³/mol. The van der Waals surface area contributed by atoms with E-state index in [1.165, 1.54) is 26.0 Å². The minimum absolute atomic E-state index is 0.00291. The Bertz CT molecular complexity index is 515.